The van der Waals surface area contributed by atoms with Crippen LogP contribution in [0.2, 0.25) is 0 Å². The summed E-state index contributed by atoms with van der Waals surface area (Å²) in [6.07, 6.45) is -5.54. The molecule has 0 fully saturated rings. The van der Waals surface area contributed by atoms with Gasteiger partial charge in [0.05, 0.1) is 0 Å². The fourth-order valence-electron chi connectivity index (χ4n) is 1.70. The standard InChI is InChI=1S/C14H18O11/c1-6(15)22-5-10(23-7(2)16)12(24-8(3)17)13(25-9(4)18)11(19)14(20)21/h10,12-13H,5H2,1-4H3,(H,20,21)/t10-,12-,13-/m1/s1. The number of carbonyl (C=O) groups excluding carboxylic acids is 5. The number of hydrogen-bond donors (Lipinski definition) is 1. The lowest BCUT2D eigenvalue weighted by molar-refractivity contribution is -0.192. The molecule has 3 atom stereocenters. The predicted molar refractivity (Wildman–Crippen MR) is 75.9 cm³/mol. The van der Waals surface area contributed by atoms with Crippen LogP contribution in [-0.4, -0.2) is 65.7 Å². The van der Waals surface area contributed by atoms with E-state index in [1.165, 1.54) is 0 Å². The first-order valence-corrected chi connectivity index (χ1v) is 6.87. The average molecular weight is 362 g/mol. The monoisotopic (exact) mass is 362 g/mol. The van der Waals surface area contributed by atoms with Crippen molar-refractivity contribution in [2.75, 3.05) is 6.61 Å². The number of carboxylic acid groups (broad SMARTS) is 1. The zero-order valence-corrected chi connectivity index (χ0v) is 14.0. The van der Waals surface area contributed by atoms with Gasteiger partial charge in [-0.2, -0.15) is 0 Å². The second-order valence-corrected chi connectivity index (χ2v) is 4.72. The van der Waals surface area contributed by atoms with E-state index in [4.69, 9.17) is 14.6 Å². The van der Waals surface area contributed by atoms with Crippen molar-refractivity contribution in [2.24, 2.45) is 0 Å². The highest BCUT2D eigenvalue weighted by Crippen LogP contribution is 2.16. The fraction of sp³-hybridized carbons (Fsp3) is 0.571. The van der Waals surface area contributed by atoms with E-state index in [2.05, 4.69) is 9.47 Å². The molecule has 0 saturated carbocycles. The topological polar surface area (TPSA) is 160 Å². The maximum atomic E-state index is 11.8. The van der Waals surface area contributed by atoms with Crippen molar-refractivity contribution in [2.45, 2.75) is 46.0 Å². The van der Waals surface area contributed by atoms with Crippen molar-refractivity contribution in [3.8, 4) is 0 Å². The third-order valence-corrected chi connectivity index (χ3v) is 2.50. The molecule has 0 radical (unpaired) electrons. The summed E-state index contributed by atoms with van der Waals surface area (Å²) in [5, 5.41) is 8.86. The van der Waals surface area contributed by atoms with Crippen molar-refractivity contribution >= 4 is 35.6 Å². The molecular formula is C14H18O11. The molecule has 0 bridgehead atoms. The van der Waals surface area contributed by atoms with E-state index >= 15 is 0 Å². The van der Waals surface area contributed by atoms with Crippen LogP contribution in [0.1, 0.15) is 27.7 Å². The number of esters is 4. The second kappa shape index (κ2) is 10.0. The Morgan fingerprint density at radius 1 is 0.760 bits per heavy atom. The molecular weight excluding hydrogens is 344 g/mol. The second-order valence-electron chi connectivity index (χ2n) is 4.72. The van der Waals surface area contributed by atoms with Crippen molar-refractivity contribution < 1.29 is 52.8 Å². The van der Waals surface area contributed by atoms with Crippen LogP contribution in [-0.2, 0) is 47.7 Å². The largest absolute Gasteiger partial charge is 0.475 e. The van der Waals surface area contributed by atoms with Crippen LogP contribution in [0.3, 0.4) is 0 Å². The number of carboxylic acids is 1. The molecule has 0 amide bonds. The molecule has 0 aliphatic rings. The summed E-state index contributed by atoms with van der Waals surface area (Å²) in [5.74, 6) is -7.32. The van der Waals surface area contributed by atoms with Gasteiger partial charge >= 0.3 is 29.8 Å². The first-order valence-electron chi connectivity index (χ1n) is 6.87. The van der Waals surface area contributed by atoms with Crippen LogP contribution >= 0.6 is 0 Å². The molecule has 0 spiro atoms. The highest BCUT2D eigenvalue weighted by Gasteiger charge is 2.44. The van der Waals surface area contributed by atoms with Gasteiger partial charge in [-0.15, -0.1) is 0 Å². The lowest BCUT2D eigenvalue weighted by Crippen LogP contribution is -2.52. The zero-order valence-electron chi connectivity index (χ0n) is 14.0. The van der Waals surface area contributed by atoms with Gasteiger partial charge in [0.2, 0.25) is 6.10 Å². The molecule has 1 N–H and O–H groups in total. The minimum atomic E-state index is -2.11. The van der Waals surface area contributed by atoms with E-state index in [0.29, 0.717) is 0 Å². The molecule has 0 aliphatic carbocycles. The van der Waals surface area contributed by atoms with Crippen molar-refractivity contribution in [1.82, 2.24) is 0 Å². The molecule has 0 rings (SSSR count). The number of carbonyl (C=O) groups is 6. The van der Waals surface area contributed by atoms with Crippen molar-refractivity contribution in [3.05, 3.63) is 0 Å². The number of aliphatic carboxylic acids is 1. The molecule has 140 valence electrons. The highest BCUT2D eigenvalue weighted by molar-refractivity contribution is 6.35. The van der Waals surface area contributed by atoms with Crippen LogP contribution in [0.25, 0.3) is 0 Å². The average Bonchev–Trinajstić information content (AvgIpc) is 2.45. The maximum absolute atomic E-state index is 11.8. The molecule has 11 nitrogen and oxygen atoms in total. The maximum Gasteiger partial charge on any atom is 0.376 e. The highest BCUT2D eigenvalue weighted by atomic mass is 16.6. The minimum absolute atomic E-state index is 0.669. The van der Waals surface area contributed by atoms with Crippen LogP contribution in [0, 0.1) is 0 Å². The number of ketones is 1. The third-order valence-electron chi connectivity index (χ3n) is 2.50. The van der Waals surface area contributed by atoms with Gasteiger partial charge in [-0.3, -0.25) is 24.0 Å². The van der Waals surface area contributed by atoms with Gasteiger partial charge in [-0.1, -0.05) is 0 Å². The van der Waals surface area contributed by atoms with Crippen LogP contribution < -0.4 is 0 Å². The summed E-state index contributed by atoms with van der Waals surface area (Å²) in [5.41, 5.74) is 0. The Morgan fingerprint density at radius 3 is 1.60 bits per heavy atom. The van der Waals surface area contributed by atoms with E-state index in [1.54, 1.807) is 0 Å². The summed E-state index contributed by atoms with van der Waals surface area (Å²) >= 11 is 0. The Bertz CT molecular complexity index is 565. The number of ether oxygens (including phenoxy) is 4. The smallest absolute Gasteiger partial charge is 0.376 e. The Hall–Kier alpha value is -2.98. The zero-order chi connectivity index (χ0) is 19.7. The van der Waals surface area contributed by atoms with Crippen LogP contribution in [0.4, 0.5) is 0 Å². The lowest BCUT2D eigenvalue weighted by Gasteiger charge is -2.30. The Morgan fingerprint density at radius 2 is 1.24 bits per heavy atom. The first-order chi connectivity index (χ1) is 11.5. The molecule has 0 aromatic rings. The quantitative estimate of drug-likeness (QED) is 0.304. The first kappa shape index (κ1) is 22.0. The number of rotatable bonds is 9. The SMILES string of the molecule is CC(=O)OC[C@@H](OC(C)=O)[C@@H](OC(C)=O)[C@H](OC(C)=O)C(=O)C(=O)O. The van der Waals surface area contributed by atoms with E-state index in [9.17, 15) is 28.8 Å². The Balaban J connectivity index is 5.86. The molecule has 0 heterocycles. The molecule has 0 aromatic carbocycles. The van der Waals surface area contributed by atoms with E-state index in [1.807, 2.05) is 0 Å². The normalized spacial score (nSPS) is 13.6. The van der Waals surface area contributed by atoms with Gasteiger partial charge in [0.1, 0.15) is 6.61 Å². The summed E-state index contributed by atoms with van der Waals surface area (Å²) < 4.78 is 18.9. The summed E-state index contributed by atoms with van der Waals surface area (Å²) in [6, 6.07) is 0. The lowest BCUT2D eigenvalue weighted by atomic mass is 10.0. The Kier molecular flexibility index (Phi) is 8.81. The van der Waals surface area contributed by atoms with Crippen molar-refractivity contribution in [3.63, 3.8) is 0 Å². The predicted octanol–water partition coefficient (Wildman–Crippen LogP) is -1.00. The van der Waals surface area contributed by atoms with E-state index in [0.717, 1.165) is 27.7 Å². The summed E-state index contributed by atoms with van der Waals surface area (Å²) in [6.45, 7) is 3.17. The van der Waals surface area contributed by atoms with Gasteiger partial charge in [0.25, 0.3) is 5.78 Å². The third kappa shape index (κ3) is 8.44. The van der Waals surface area contributed by atoms with Crippen LogP contribution in [0.15, 0.2) is 0 Å². The minimum Gasteiger partial charge on any atom is -0.475 e. The van der Waals surface area contributed by atoms with Crippen LogP contribution in [0.5, 0.6) is 0 Å². The number of hydrogen-bond acceptors (Lipinski definition) is 10. The Labute approximate surface area is 142 Å². The number of Topliss-reactive ketones (excluding diaryl/α,β-unsaturated/α-hetero) is 1. The van der Waals surface area contributed by atoms with Gasteiger partial charge in [-0.25, -0.2) is 4.79 Å². The molecule has 0 saturated heterocycles. The van der Waals surface area contributed by atoms with E-state index < -0.39 is 60.5 Å². The molecule has 25 heavy (non-hydrogen) atoms. The van der Waals surface area contributed by atoms with Crippen molar-refractivity contribution in [1.29, 1.82) is 0 Å². The molecule has 0 aromatic heterocycles. The summed E-state index contributed by atoms with van der Waals surface area (Å²) in [7, 11) is 0. The molecule has 11 heteroatoms. The van der Waals surface area contributed by atoms with E-state index in [-0.39, 0.29) is 0 Å². The van der Waals surface area contributed by atoms with Gasteiger partial charge < -0.3 is 24.1 Å². The van der Waals surface area contributed by atoms with Gasteiger partial charge in [0, 0.05) is 27.7 Å². The van der Waals surface area contributed by atoms with Gasteiger partial charge in [0.15, 0.2) is 12.2 Å². The fourth-order valence-corrected chi connectivity index (χ4v) is 1.70. The summed E-state index contributed by atoms with van der Waals surface area (Å²) in [4.78, 5) is 67.4. The van der Waals surface area contributed by atoms with Gasteiger partial charge in [-0.05, 0) is 0 Å². The molecule has 0 unspecified atom stereocenters. The molecule has 0 aliphatic heterocycles.